The van der Waals surface area contributed by atoms with Crippen molar-refractivity contribution in [2.45, 2.75) is 0 Å². The standard InChI is InChI=1S/C37H22ClN3O/c38-28-20-18-25-19-21-32-34(30(25)22-28)33-29(12-7-13-31(33)42-32)37-40-35(26-10-5-2-6-11-26)39-36(41-37)27-16-14-24(15-17-27)23-8-3-1-4-9-23/h1-22H. The van der Waals surface area contributed by atoms with Crippen molar-refractivity contribution in [1.82, 2.24) is 15.0 Å². The highest BCUT2D eigenvalue weighted by atomic mass is 35.5. The number of aromatic nitrogens is 3. The molecule has 2 heterocycles. The fourth-order valence-electron chi connectivity index (χ4n) is 5.58. The van der Waals surface area contributed by atoms with Crippen LogP contribution in [0.15, 0.2) is 138 Å². The van der Waals surface area contributed by atoms with Gasteiger partial charge in [0, 0.05) is 32.5 Å². The van der Waals surface area contributed by atoms with Crippen LogP contribution in [0, 0.1) is 0 Å². The van der Waals surface area contributed by atoms with E-state index in [2.05, 4.69) is 42.5 Å². The van der Waals surface area contributed by atoms with Crippen LogP contribution in [0.3, 0.4) is 0 Å². The van der Waals surface area contributed by atoms with Gasteiger partial charge in [-0.25, -0.2) is 15.0 Å². The summed E-state index contributed by atoms with van der Waals surface area (Å²) in [6.07, 6.45) is 0. The summed E-state index contributed by atoms with van der Waals surface area (Å²) in [6, 6.07) is 44.7. The van der Waals surface area contributed by atoms with E-state index in [1.165, 1.54) is 0 Å². The topological polar surface area (TPSA) is 51.8 Å². The van der Waals surface area contributed by atoms with E-state index in [1.54, 1.807) is 0 Å². The van der Waals surface area contributed by atoms with Gasteiger partial charge in [0.2, 0.25) is 0 Å². The van der Waals surface area contributed by atoms with Gasteiger partial charge in [-0.3, -0.25) is 0 Å². The summed E-state index contributed by atoms with van der Waals surface area (Å²) in [5, 5.41) is 4.74. The Kier molecular flexibility index (Phi) is 5.80. The van der Waals surface area contributed by atoms with Crippen molar-refractivity contribution >= 4 is 44.3 Å². The third-order valence-corrected chi connectivity index (χ3v) is 7.84. The monoisotopic (exact) mass is 559 g/mol. The molecule has 0 aliphatic carbocycles. The van der Waals surface area contributed by atoms with E-state index in [-0.39, 0.29) is 0 Å². The summed E-state index contributed by atoms with van der Waals surface area (Å²) in [5.74, 6) is 1.80. The molecule has 2 aromatic heterocycles. The van der Waals surface area contributed by atoms with E-state index in [1.807, 2.05) is 91.0 Å². The van der Waals surface area contributed by atoms with Gasteiger partial charge in [-0.1, -0.05) is 121 Å². The molecule has 0 amide bonds. The lowest BCUT2D eigenvalue weighted by Gasteiger charge is -2.10. The van der Waals surface area contributed by atoms with Crippen LogP contribution in [0.25, 0.3) is 78.0 Å². The number of hydrogen-bond acceptors (Lipinski definition) is 4. The van der Waals surface area contributed by atoms with Crippen LogP contribution in [0.5, 0.6) is 0 Å². The minimum atomic E-state index is 0.582. The van der Waals surface area contributed by atoms with Crippen molar-refractivity contribution in [3.05, 3.63) is 138 Å². The Balaban J connectivity index is 1.37. The minimum Gasteiger partial charge on any atom is -0.456 e. The molecule has 0 aliphatic heterocycles. The number of halogens is 1. The quantitative estimate of drug-likeness (QED) is 0.215. The highest BCUT2D eigenvalue weighted by Gasteiger charge is 2.19. The summed E-state index contributed by atoms with van der Waals surface area (Å²) < 4.78 is 6.33. The molecule has 0 N–H and O–H groups in total. The zero-order valence-corrected chi connectivity index (χ0v) is 23.1. The van der Waals surface area contributed by atoms with Gasteiger partial charge in [-0.05, 0) is 46.2 Å². The molecule has 0 saturated heterocycles. The molecule has 5 heteroatoms. The number of furan rings is 1. The van der Waals surface area contributed by atoms with Gasteiger partial charge < -0.3 is 4.42 Å². The van der Waals surface area contributed by atoms with E-state index in [0.29, 0.717) is 22.5 Å². The molecule has 0 atom stereocenters. The third-order valence-electron chi connectivity index (χ3n) is 7.60. The normalized spacial score (nSPS) is 11.5. The van der Waals surface area contributed by atoms with Crippen molar-refractivity contribution in [1.29, 1.82) is 0 Å². The Morgan fingerprint density at radius 1 is 0.452 bits per heavy atom. The van der Waals surface area contributed by atoms with Gasteiger partial charge in [0.25, 0.3) is 0 Å². The van der Waals surface area contributed by atoms with Gasteiger partial charge in [-0.15, -0.1) is 0 Å². The van der Waals surface area contributed by atoms with E-state index in [0.717, 1.165) is 60.5 Å². The zero-order chi connectivity index (χ0) is 28.0. The molecule has 0 unspecified atom stereocenters. The average Bonchev–Trinajstić information content (AvgIpc) is 3.45. The molecule has 8 aromatic rings. The first-order valence-corrected chi connectivity index (χ1v) is 14.1. The largest absolute Gasteiger partial charge is 0.456 e. The second-order valence-corrected chi connectivity index (χ2v) is 10.6. The van der Waals surface area contributed by atoms with Crippen molar-refractivity contribution in [2.75, 3.05) is 0 Å². The first-order valence-electron chi connectivity index (χ1n) is 13.7. The summed E-state index contributed by atoms with van der Waals surface area (Å²) in [6.45, 7) is 0. The fourth-order valence-corrected chi connectivity index (χ4v) is 5.75. The highest BCUT2D eigenvalue weighted by molar-refractivity contribution is 6.32. The van der Waals surface area contributed by atoms with Crippen LogP contribution in [-0.2, 0) is 0 Å². The Labute approximate surface area is 246 Å². The van der Waals surface area contributed by atoms with Crippen LogP contribution in [0.4, 0.5) is 0 Å². The van der Waals surface area contributed by atoms with E-state index in [9.17, 15) is 0 Å². The lowest BCUT2D eigenvalue weighted by molar-refractivity contribution is 0.669. The maximum Gasteiger partial charge on any atom is 0.164 e. The molecule has 198 valence electrons. The fraction of sp³-hybridized carbons (Fsp3) is 0. The van der Waals surface area contributed by atoms with Crippen LogP contribution in [0.2, 0.25) is 5.02 Å². The second kappa shape index (κ2) is 9.95. The van der Waals surface area contributed by atoms with Gasteiger partial charge in [-0.2, -0.15) is 0 Å². The van der Waals surface area contributed by atoms with Crippen molar-refractivity contribution in [3.8, 4) is 45.3 Å². The van der Waals surface area contributed by atoms with Gasteiger partial charge in [0.05, 0.1) is 0 Å². The average molecular weight is 560 g/mol. The van der Waals surface area contributed by atoms with Crippen LogP contribution in [0.1, 0.15) is 0 Å². The predicted molar refractivity (Wildman–Crippen MR) is 171 cm³/mol. The van der Waals surface area contributed by atoms with Crippen LogP contribution < -0.4 is 0 Å². The maximum atomic E-state index is 6.46. The Hall–Kier alpha value is -5.32. The van der Waals surface area contributed by atoms with E-state index < -0.39 is 0 Å². The van der Waals surface area contributed by atoms with Gasteiger partial charge in [0.1, 0.15) is 11.2 Å². The molecule has 0 fully saturated rings. The first-order chi connectivity index (χ1) is 20.7. The molecule has 42 heavy (non-hydrogen) atoms. The molecule has 4 nitrogen and oxygen atoms in total. The SMILES string of the molecule is Clc1ccc2ccc3oc4cccc(-c5nc(-c6ccccc6)nc(-c6ccc(-c7ccccc7)cc6)n5)c4c3c2c1. The van der Waals surface area contributed by atoms with Crippen molar-refractivity contribution in [2.24, 2.45) is 0 Å². The first kappa shape index (κ1) is 24.5. The molecule has 0 saturated carbocycles. The van der Waals surface area contributed by atoms with Crippen molar-refractivity contribution < 1.29 is 4.42 Å². The smallest absolute Gasteiger partial charge is 0.164 e. The number of nitrogens with zero attached hydrogens (tertiary/aromatic N) is 3. The minimum absolute atomic E-state index is 0.582. The molecule has 6 aromatic carbocycles. The Morgan fingerprint density at radius 2 is 1.02 bits per heavy atom. The van der Waals surface area contributed by atoms with Crippen LogP contribution >= 0.6 is 11.6 Å². The lowest BCUT2D eigenvalue weighted by Crippen LogP contribution is -2.00. The molecule has 0 radical (unpaired) electrons. The highest BCUT2D eigenvalue weighted by Crippen LogP contribution is 2.40. The van der Waals surface area contributed by atoms with Gasteiger partial charge in [0.15, 0.2) is 17.5 Å². The second-order valence-electron chi connectivity index (χ2n) is 10.2. The number of rotatable bonds is 4. The Bertz CT molecular complexity index is 2240. The molecule has 0 spiro atoms. The molecular weight excluding hydrogens is 538 g/mol. The predicted octanol–water partition coefficient (Wildman–Crippen LogP) is 10.2. The molecule has 0 aliphatic rings. The Morgan fingerprint density at radius 3 is 1.76 bits per heavy atom. The molecule has 0 bridgehead atoms. The maximum absolute atomic E-state index is 6.46. The summed E-state index contributed by atoms with van der Waals surface area (Å²) in [5.41, 5.74) is 6.57. The molecular formula is C37H22ClN3O. The van der Waals surface area contributed by atoms with Crippen molar-refractivity contribution in [3.63, 3.8) is 0 Å². The van der Waals surface area contributed by atoms with Gasteiger partial charge >= 0.3 is 0 Å². The van der Waals surface area contributed by atoms with Crippen LogP contribution in [-0.4, -0.2) is 15.0 Å². The summed E-state index contributed by atoms with van der Waals surface area (Å²) >= 11 is 6.46. The number of hydrogen-bond donors (Lipinski definition) is 0. The number of fused-ring (bicyclic) bond motifs is 5. The van der Waals surface area contributed by atoms with E-state index >= 15 is 0 Å². The lowest BCUT2D eigenvalue weighted by atomic mass is 10.00. The third kappa shape index (κ3) is 4.21. The summed E-state index contributed by atoms with van der Waals surface area (Å²) in [7, 11) is 0. The molecule has 8 rings (SSSR count). The van der Waals surface area contributed by atoms with E-state index in [4.69, 9.17) is 31.0 Å². The zero-order valence-electron chi connectivity index (χ0n) is 22.3. The number of benzene rings is 6. The summed E-state index contributed by atoms with van der Waals surface area (Å²) in [4.78, 5) is 15.0.